The molecule has 0 N–H and O–H groups in total. The van der Waals surface area contributed by atoms with Crippen LogP contribution in [-0.2, 0) is 0 Å². The standard InChI is InChI=1S/C68H40N2O2/c71-67-52-26-13-14-33-59(52)69-62-40-61-54(39-55(62)56-37-46(38-58(67)66(56)69)64-49(43-22-9-3-10-23-43)29-16-30-50(64)44-24-11-4-12-25-44)51-31-17-32-53-65(51)70(61)60-35-34-45(36-57(60)68(53)72)63-47(41-18-5-1-6-19-41)27-15-28-48(63)42-20-7-2-8-21-42/h1-40H. The topological polar surface area (TPSA) is 43.0 Å². The highest BCUT2D eigenvalue weighted by molar-refractivity contribution is 6.25. The number of benzene rings is 11. The second-order valence-electron chi connectivity index (χ2n) is 19.0. The molecule has 0 aliphatic rings. The summed E-state index contributed by atoms with van der Waals surface area (Å²) in [6.07, 6.45) is 0. The van der Waals surface area contributed by atoms with Crippen molar-refractivity contribution < 1.29 is 0 Å². The van der Waals surface area contributed by atoms with Crippen molar-refractivity contribution in [1.82, 2.24) is 8.80 Å². The van der Waals surface area contributed by atoms with E-state index in [9.17, 15) is 0 Å². The summed E-state index contributed by atoms with van der Waals surface area (Å²) in [6, 6.07) is 84.7. The van der Waals surface area contributed by atoms with Crippen molar-refractivity contribution >= 4 is 76.2 Å². The van der Waals surface area contributed by atoms with Gasteiger partial charge >= 0.3 is 0 Å². The maximum absolute atomic E-state index is 15.1. The number of nitrogens with zero attached hydrogens (tertiary/aromatic N) is 2. The van der Waals surface area contributed by atoms with Crippen LogP contribution in [0, 0.1) is 0 Å². The van der Waals surface area contributed by atoms with E-state index < -0.39 is 0 Å². The number of fused-ring (bicyclic) bond motifs is 10. The average molecular weight is 917 g/mol. The predicted molar refractivity (Wildman–Crippen MR) is 301 cm³/mol. The SMILES string of the molecule is O=c1c2cc(-c3c(-c4ccccc4)cccc3-c3ccccc3)ccc2n2c3cc4c(cc3c3cccc1c32)c1cc(-c2c(-c3ccccc3)cccc2-c2ccccc2)cc2c(=O)c3ccccc3n4c21. The van der Waals surface area contributed by atoms with E-state index in [0.717, 1.165) is 121 Å². The Kier molecular flexibility index (Phi) is 8.63. The lowest BCUT2D eigenvalue weighted by atomic mass is 9.86. The first-order chi connectivity index (χ1) is 35.6. The van der Waals surface area contributed by atoms with Crippen molar-refractivity contribution in [2.24, 2.45) is 0 Å². The normalized spacial score (nSPS) is 12.0. The van der Waals surface area contributed by atoms with Crippen LogP contribution in [0.4, 0.5) is 0 Å². The molecule has 4 aromatic heterocycles. The summed E-state index contributed by atoms with van der Waals surface area (Å²) in [5.74, 6) is 0. The molecule has 0 saturated carbocycles. The minimum atomic E-state index is 0.00755. The Morgan fingerprint density at radius 3 is 1.19 bits per heavy atom. The highest BCUT2D eigenvalue weighted by Gasteiger charge is 2.25. The fraction of sp³-hybridized carbons (Fsp3) is 0. The Bertz CT molecular complexity index is 4690. The van der Waals surface area contributed by atoms with Gasteiger partial charge in [-0.1, -0.05) is 188 Å². The molecule has 0 fully saturated rings. The van der Waals surface area contributed by atoms with Crippen LogP contribution < -0.4 is 10.9 Å². The molecular formula is C68H40N2O2. The maximum Gasteiger partial charge on any atom is 0.197 e. The highest BCUT2D eigenvalue weighted by atomic mass is 16.1. The molecule has 4 nitrogen and oxygen atoms in total. The van der Waals surface area contributed by atoms with Gasteiger partial charge in [0, 0.05) is 43.1 Å². The van der Waals surface area contributed by atoms with Gasteiger partial charge in [0.2, 0.25) is 0 Å². The average Bonchev–Trinajstić information content (AvgIpc) is 3.96. The zero-order valence-electron chi connectivity index (χ0n) is 38.8. The molecule has 4 heteroatoms. The summed E-state index contributed by atoms with van der Waals surface area (Å²) in [7, 11) is 0. The van der Waals surface area contributed by atoms with Crippen LogP contribution in [0.5, 0.6) is 0 Å². The minimum Gasteiger partial charge on any atom is -0.308 e. The van der Waals surface area contributed by atoms with Crippen molar-refractivity contribution in [3.05, 3.63) is 263 Å². The van der Waals surface area contributed by atoms with E-state index in [0.29, 0.717) is 21.5 Å². The van der Waals surface area contributed by atoms with Gasteiger partial charge in [-0.3, -0.25) is 9.59 Å². The largest absolute Gasteiger partial charge is 0.308 e. The third-order valence-corrected chi connectivity index (χ3v) is 15.2. The van der Waals surface area contributed by atoms with E-state index in [2.05, 4.69) is 197 Å². The Morgan fingerprint density at radius 2 is 0.625 bits per heavy atom. The van der Waals surface area contributed by atoms with Gasteiger partial charge < -0.3 is 8.80 Å². The molecule has 0 bridgehead atoms. The van der Waals surface area contributed by atoms with Gasteiger partial charge in [0.25, 0.3) is 0 Å². The monoisotopic (exact) mass is 916 g/mol. The van der Waals surface area contributed by atoms with Gasteiger partial charge in [0.15, 0.2) is 10.9 Å². The summed E-state index contributed by atoms with van der Waals surface area (Å²) in [5.41, 5.74) is 18.5. The molecule has 334 valence electrons. The van der Waals surface area contributed by atoms with E-state index in [1.807, 2.05) is 54.6 Å². The summed E-state index contributed by atoms with van der Waals surface area (Å²) >= 11 is 0. The Labute approximate surface area is 412 Å². The molecule has 0 radical (unpaired) electrons. The van der Waals surface area contributed by atoms with Gasteiger partial charge in [0.1, 0.15) is 0 Å². The van der Waals surface area contributed by atoms with Crippen LogP contribution in [0.3, 0.4) is 0 Å². The van der Waals surface area contributed by atoms with Crippen molar-refractivity contribution in [3.8, 4) is 66.8 Å². The van der Waals surface area contributed by atoms with Gasteiger partial charge in [0.05, 0.1) is 33.1 Å². The molecule has 4 heterocycles. The zero-order chi connectivity index (χ0) is 47.6. The molecule has 0 aliphatic carbocycles. The maximum atomic E-state index is 15.1. The quantitative estimate of drug-likeness (QED) is 0.156. The second kappa shape index (κ2) is 15.4. The van der Waals surface area contributed by atoms with E-state index in [1.165, 1.54) is 0 Å². The van der Waals surface area contributed by atoms with Gasteiger partial charge in [-0.15, -0.1) is 0 Å². The fourth-order valence-corrected chi connectivity index (χ4v) is 12.1. The van der Waals surface area contributed by atoms with Gasteiger partial charge in [-0.25, -0.2) is 0 Å². The van der Waals surface area contributed by atoms with Crippen LogP contribution in [-0.4, -0.2) is 8.80 Å². The summed E-state index contributed by atoms with van der Waals surface area (Å²) in [6.45, 7) is 0. The van der Waals surface area contributed by atoms with E-state index in [1.54, 1.807) is 0 Å². The van der Waals surface area contributed by atoms with E-state index in [-0.39, 0.29) is 10.9 Å². The molecule has 15 aromatic rings. The minimum absolute atomic E-state index is 0.00755. The smallest absolute Gasteiger partial charge is 0.197 e. The predicted octanol–water partition coefficient (Wildman–Crippen LogP) is 16.7. The van der Waals surface area contributed by atoms with Crippen molar-refractivity contribution in [3.63, 3.8) is 0 Å². The molecule has 0 saturated heterocycles. The number of para-hydroxylation sites is 2. The lowest BCUT2D eigenvalue weighted by Gasteiger charge is -2.17. The lowest BCUT2D eigenvalue weighted by Crippen LogP contribution is -2.07. The van der Waals surface area contributed by atoms with Crippen LogP contribution in [0.15, 0.2) is 252 Å². The number of rotatable bonds is 6. The molecule has 0 aliphatic heterocycles. The molecule has 0 unspecified atom stereocenters. The van der Waals surface area contributed by atoms with Gasteiger partial charge in [-0.2, -0.15) is 0 Å². The first kappa shape index (κ1) is 40.3. The molecule has 0 spiro atoms. The lowest BCUT2D eigenvalue weighted by molar-refractivity contribution is 1.32. The Morgan fingerprint density at radius 1 is 0.222 bits per heavy atom. The fourth-order valence-electron chi connectivity index (χ4n) is 12.1. The summed E-state index contributed by atoms with van der Waals surface area (Å²) in [4.78, 5) is 30.1. The van der Waals surface area contributed by atoms with Crippen LogP contribution in [0.2, 0.25) is 0 Å². The van der Waals surface area contributed by atoms with E-state index in [4.69, 9.17) is 0 Å². The first-order valence-electron chi connectivity index (χ1n) is 24.5. The molecule has 72 heavy (non-hydrogen) atoms. The summed E-state index contributed by atoms with van der Waals surface area (Å²) in [5, 5.41) is 6.78. The molecule has 11 aromatic carbocycles. The molecule has 0 amide bonds. The van der Waals surface area contributed by atoms with Crippen LogP contribution in [0.1, 0.15) is 0 Å². The van der Waals surface area contributed by atoms with Gasteiger partial charge in [-0.05, 0) is 121 Å². The number of pyridine rings is 2. The second-order valence-corrected chi connectivity index (χ2v) is 19.0. The van der Waals surface area contributed by atoms with Crippen molar-refractivity contribution in [2.45, 2.75) is 0 Å². The third kappa shape index (κ3) is 5.75. The zero-order valence-corrected chi connectivity index (χ0v) is 38.8. The highest BCUT2D eigenvalue weighted by Crippen LogP contribution is 2.47. The number of hydrogen-bond donors (Lipinski definition) is 0. The number of aromatic nitrogens is 2. The first-order valence-corrected chi connectivity index (χ1v) is 24.5. The molecule has 15 rings (SSSR count). The Hall–Kier alpha value is -9.64. The number of hydrogen-bond acceptors (Lipinski definition) is 2. The van der Waals surface area contributed by atoms with Crippen LogP contribution in [0.25, 0.3) is 143 Å². The van der Waals surface area contributed by atoms with Crippen molar-refractivity contribution in [2.75, 3.05) is 0 Å². The summed E-state index contributed by atoms with van der Waals surface area (Å²) < 4.78 is 4.61. The molecule has 0 atom stereocenters. The third-order valence-electron chi connectivity index (χ3n) is 15.2. The molecular weight excluding hydrogens is 877 g/mol. The van der Waals surface area contributed by atoms with E-state index >= 15 is 9.59 Å². The van der Waals surface area contributed by atoms with Crippen LogP contribution >= 0.6 is 0 Å². The van der Waals surface area contributed by atoms with Crippen molar-refractivity contribution in [1.29, 1.82) is 0 Å². The Balaban J connectivity index is 1.05.